The Hall–Kier alpha value is -1.51. The van der Waals surface area contributed by atoms with Crippen molar-refractivity contribution in [2.24, 2.45) is 0 Å². The first kappa shape index (κ1) is 14.1. The maximum Gasteiger partial charge on any atom is 0.121 e. The molecule has 2 heterocycles. The quantitative estimate of drug-likeness (QED) is 0.889. The second kappa shape index (κ2) is 5.94. The fourth-order valence-electron chi connectivity index (χ4n) is 3.72. The van der Waals surface area contributed by atoms with E-state index in [1.54, 1.807) is 0 Å². The molecule has 2 aromatic rings. The molecule has 0 amide bonds. The van der Waals surface area contributed by atoms with E-state index in [-0.39, 0.29) is 0 Å². The lowest BCUT2D eigenvalue weighted by Gasteiger charge is -2.29. The van der Waals surface area contributed by atoms with Crippen molar-refractivity contribution in [3.05, 3.63) is 53.6 Å². The van der Waals surface area contributed by atoms with Crippen LogP contribution in [0.1, 0.15) is 25.7 Å². The second-order valence-electron chi connectivity index (χ2n) is 6.39. The lowest BCUT2D eigenvalue weighted by Crippen LogP contribution is -2.42. The molecule has 0 aliphatic carbocycles. The van der Waals surface area contributed by atoms with Crippen LogP contribution in [0.4, 0.5) is 0 Å². The minimum atomic E-state index is 0.306. The number of rotatable bonds is 3. The molecular formula is C19H20ClNO. The van der Waals surface area contributed by atoms with Crippen molar-refractivity contribution >= 4 is 11.6 Å². The molecule has 2 aliphatic heterocycles. The summed E-state index contributed by atoms with van der Waals surface area (Å²) in [6.07, 6.45) is 5.08. The van der Waals surface area contributed by atoms with Crippen LogP contribution in [0.15, 0.2) is 48.5 Å². The number of fused-ring (bicyclic) bond motifs is 2. The lowest BCUT2D eigenvalue weighted by atomic mass is 10.0. The van der Waals surface area contributed by atoms with E-state index >= 15 is 0 Å². The minimum Gasteiger partial charge on any atom is -0.490 e. The fourth-order valence-corrected chi connectivity index (χ4v) is 3.95. The number of hydrogen-bond donors (Lipinski definition) is 1. The summed E-state index contributed by atoms with van der Waals surface area (Å²) < 4.78 is 6.25. The number of hydrogen-bond acceptors (Lipinski definition) is 2. The van der Waals surface area contributed by atoms with Crippen molar-refractivity contribution in [2.75, 3.05) is 0 Å². The number of piperidine rings is 1. The summed E-state index contributed by atoms with van der Waals surface area (Å²) >= 11 is 6.29. The first-order valence-corrected chi connectivity index (χ1v) is 8.43. The average Bonchev–Trinajstić information content (AvgIpc) is 2.86. The average molecular weight is 314 g/mol. The summed E-state index contributed by atoms with van der Waals surface area (Å²) in [5, 5.41) is 4.38. The first-order valence-electron chi connectivity index (χ1n) is 8.05. The largest absolute Gasteiger partial charge is 0.490 e. The molecule has 1 N–H and O–H groups in total. The molecule has 3 heteroatoms. The van der Waals surface area contributed by atoms with Gasteiger partial charge in [0.1, 0.15) is 11.9 Å². The zero-order valence-corrected chi connectivity index (χ0v) is 13.2. The van der Waals surface area contributed by atoms with Gasteiger partial charge in [-0.3, -0.25) is 0 Å². The summed E-state index contributed by atoms with van der Waals surface area (Å²) in [4.78, 5) is 0. The van der Waals surface area contributed by atoms with Crippen molar-refractivity contribution in [3.63, 3.8) is 0 Å². The van der Waals surface area contributed by atoms with Gasteiger partial charge in [0.25, 0.3) is 0 Å². The maximum atomic E-state index is 6.29. The standard InChI is InChI=1S/C19H20ClNO/c20-15-8-14(13-4-2-1-3-5-13)9-18(10-15)22-19-11-16-6-7-17(12-19)21-16/h1-5,8-10,16-17,19,21H,6-7,11-12H2/t16-,17+,19?. The highest BCUT2D eigenvalue weighted by Gasteiger charge is 2.34. The maximum absolute atomic E-state index is 6.29. The Morgan fingerprint density at radius 3 is 2.36 bits per heavy atom. The van der Waals surface area contributed by atoms with Gasteiger partial charge in [0.15, 0.2) is 0 Å². The van der Waals surface area contributed by atoms with E-state index < -0.39 is 0 Å². The van der Waals surface area contributed by atoms with Crippen LogP contribution in [-0.2, 0) is 0 Å². The van der Waals surface area contributed by atoms with Crippen LogP contribution in [0.25, 0.3) is 11.1 Å². The molecule has 0 spiro atoms. The van der Waals surface area contributed by atoms with Gasteiger partial charge in [-0.2, -0.15) is 0 Å². The monoisotopic (exact) mass is 313 g/mol. The molecule has 22 heavy (non-hydrogen) atoms. The fraction of sp³-hybridized carbons (Fsp3) is 0.368. The van der Waals surface area contributed by atoms with E-state index in [0.29, 0.717) is 18.2 Å². The van der Waals surface area contributed by atoms with E-state index in [2.05, 4.69) is 23.5 Å². The molecule has 2 nitrogen and oxygen atoms in total. The second-order valence-corrected chi connectivity index (χ2v) is 6.83. The highest BCUT2D eigenvalue weighted by molar-refractivity contribution is 6.31. The van der Waals surface area contributed by atoms with Crippen LogP contribution in [0.3, 0.4) is 0 Å². The van der Waals surface area contributed by atoms with Crippen LogP contribution >= 0.6 is 11.6 Å². The normalized spacial score (nSPS) is 26.9. The van der Waals surface area contributed by atoms with Gasteiger partial charge >= 0.3 is 0 Å². The summed E-state index contributed by atoms with van der Waals surface area (Å²) in [6, 6.07) is 17.6. The molecule has 0 saturated carbocycles. The molecule has 2 bridgehead atoms. The molecule has 4 rings (SSSR count). The van der Waals surface area contributed by atoms with Crippen molar-refractivity contribution in [2.45, 2.75) is 43.9 Å². The molecule has 0 aromatic heterocycles. The summed E-state index contributed by atoms with van der Waals surface area (Å²) in [6.45, 7) is 0. The third kappa shape index (κ3) is 2.99. The smallest absolute Gasteiger partial charge is 0.121 e. The van der Waals surface area contributed by atoms with Gasteiger partial charge in [-0.25, -0.2) is 0 Å². The van der Waals surface area contributed by atoms with Crippen molar-refractivity contribution < 1.29 is 4.74 Å². The number of ether oxygens (including phenoxy) is 1. The van der Waals surface area contributed by atoms with E-state index in [1.807, 2.05) is 30.3 Å². The highest BCUT2D eigenvalue weighted by atomic mass is 35.5. The van der Waals surface area contributed by atoms with Gasteiger partial charge in [-0.1, -0.05) is 41.9 Å². The number of nitrogens with one attached hydrogen (secondary N) is 1. The van der Waals surface area contributed by atoms with Crippen LogP contribution in [0.5, 0.6) is 5.75 Å². The van der Waals surface area contributed by atoms with Crippen molar-refractivity contribution in [1.82, 2.24) is 5.32 Å². The molecular weight excluding hydrogens is 294 g/mol. The predicted molar refractivity (Wildman–Crippen MR) is 90.5 cm³/mol. The lowest BCUT2D eigenvalue weighted by molar-refractivity contribution is 0.137. The van der Waals surface area contributed by atoms with Crippen LogP contribution in [0.2, 0.25) is 5.02 Å². The van der Waals surface area contributed by atoms with Crippen molar-refractivity contribution in [3.8, 4) is 16.9 Å². The summed E-state index contributed by atoms with van der Waals surface area (Å²) in [5.41, 5.74) is 2.28. The molecule has 2 aliphatic rings. The van der Waals surface area contributed by atoms with Gasteiger partial charge in [0, 0.05) is 17.1 Å². The Kier molecular flexibility index (Phi) is 3.81. The topological polar surface area (TPSA) is 21.3 Å². The van der Waals surface area contributed by atoms with E-state index in [4.69, 9.17) is 16.3 Å². The van der Waals surface area contributed by atoms with Crippen LogP contribution in [-0.4, -0.2) is 18.2 Å². The van der Waals surface area contributed by atoms with Gasteiger partial charge in [0.2, 0.25) is 0 Å². The molecule has 114 valence electrons. The van der Waals surface area contributed by atoms with Crippen LogP contribution in [0, 0.1) is 0 Å². The Labute approximate surface area is 136 Å². The Morgan fingerprint density at radius 1 is 0.909 bits per heavy atom. The molecule has 2 aromatic carbocycles. The Balaban J connectivity index is 1.56. The SMILES string of the molecule is Clc1cc(OC2C[C@H]3CC[C@@H](C2)N3)cc(-c2ccccc2)c1. The molecule has 1 unspecified atom stereocenters. The van der Waals surface area contributed by atoms with Gasteiger partial charge in [-0.15, -0.1) is 0 Å². The number of halogens is 1. The minimum absolute atomic E-state index is 0.306. The van der Waals surface area contributed by atoms with Gasteiger partial charge in [0.05, 0.1) is 0 Å². The first-order chi connectivity index (χ1) is 10.8. The number of benzene rings is 2. The van der Waals surface area contributed by atoms with Crippen LogP contribution < -0.4 is 10.1 Å². The Morgan fingerprint density at radius 2 is 1.64 bits per heavy atom. The third-order valence-electron chi connectivity index (χ3n) is 4.71. The predicted octanol–water partition coefficient (Wildman–Crippen LogP) is 4.67. The zero-order valence-electron chi connectivity index (χ0n) is 12.5. The Bertz CT molecular complexity index is 646. The van der Waals surface area contributed by atoms with E-state index in [0.717, 1.165) is 29.2 Å². The summed E-state index contributed by atoms with van der Waals surface area (Å²) in [5.74, 6) is 0.887. The summed E-state index contributed by atoms with van der Waals surface area (Å²) in [7, 11) is 0. The van der Waals surface area contributed by atoms with Gasteiger partial charge < -0.3 is 10.1 Å². The molecule has 2 saturated heterocycles. The molecule has 2 fully saturated rings. The highest BCUT2D eigenvalue weighted by Crippen LogP contribution is 2.33. The van der Waals surface area contributed by atoms with E-state index in [1.165, 1.54) is 18.4 Å². The molecule has 0 radical (unpaired) electrons. The third-order valence-corrected chi connectivity index (χ3v) is 4.93. The van der Waals surface area contributed by atoms with E-state index in [9.17, 15) is 0 Å². The molecule has 3 atom stereocenters. The zero-order chi connectivity index (χ0) is 14.9. The van der Waals surface area contributed by atoms with Crippen molar-refractivity contribution in [1.29, 1.82) is 0 Å². The van der Waals surface area contributed by atoms with Gasteiger partial charge in [-0.05, 0) is 55.0 Å².